The third-order valence-electron chi connectivity index (χ3n) is 5.53. The van der Waals surface area contributed by atoms with Crippen LogP contribution >= 0.6 is 23.4 Å². The Kier molecular flexibility index (Phi) is 4.63. The second kappa shape index (κ2) is 7.18. The fourth-order valence-corrected chi connectivity index (χ4v) is 5.15. The molecule has 0 saturated carbocycles. The van der Waals surface area contributed by atoms with Crippen LogP contribution in [-0.4, -0.2) is 24.5 Å². The molecular formula is C20H19ClN4O3S. The van der Waals surface area contributed by atoms with Crippen LogP contribution in [0.5, 0.6) is 0 Å². The van der Waals surface area contributed by atoms with Crippen molar-refractivity contribution in [3.63, 3.8) is 0 Å². The fourth-order valence-electron chi connectivity index (χ4n) is 3.93. The number of rotatable bonds is 5. The summed E-state index contributed by atoms with van der Waals surface area (Å²) in [5, 5.41) is 5.55. The number of benzene rings is 1. The zero-order chi connectivity index (χ0) is 20.1. The summed E-state index contributed by atoms with van der Waals surface area (Å²) < 4.78 is 8.18. The number of fused-ring (bicyclic) bond motifs is 1. The van der Waals surface area contributed by atoms with Crippen molar-refractivity contribution in [3.8, 4) is 0 Å². The Morgan fingerprint density at radius 1 is 1.28 bits per heavy atom. The molecule has 3 atom stereocenters. The van der Waals surface area contributed by atoms with Crippen molar-refractivity contribution < 1.29 is 4.52 Å². The molecule has 0 bridgehead atoms. The molecule has 2 aromatic heterocycles. The molecule has 1 saturated heterocycles. The second-order valence-electron chi connectivity index (χ2n) is 7.56. The quantitative estimate of drug-likeness (QED) is 0.578. The van der Waals surface area contributed by atoms with E-state index in [0.717, 1.165) is 23.6 Å². The monoisotopic (exact) mass is 430 g/mol. The molecule has 5 rings (SSSR count). The van der Waals surface area contributed by atoms with Gasteiger partial charge in [0.05, 0.1) is 0 Å². The molecule has 3 aromatic rings. The van der Waals surface area contributed by atoms with Gasteiger partial charge < -0.3 is 4.52 Å². The number of hydrogen-bond donors (Lipinski definition) is 0. The molecule has 2 aliphatic heterocycles. The number of aryl methyl sites for hydroxylation is 1. The molecule has 29 heavy (non-hydrogen) atoms. The molecule has 2 aliphatic rings. The van der Waals surface area contributed by atoms with Gasteiger partial charge in [-0.3, -0.25) is 13.9 Å². The lowest BCUT2D eigenvalue weighted by Gasteiger charge is -2.11. The third-order valence-corrected chi connectivity index (χ3v) is 7.15. The molecule has 0 spiro atoms. The molecule has 0 aliphatic carbocycles. The van der Waals surface area contributed by atoms with E-state index in [9.17, 15) is 9.59 Å². The number of hydrogen-bond acceptors (Lipinski definition) is 6. The molecule has 0 N–H and O–H groups in total. The van der Waals surface area contributed by atoms with Crippen molar-refractivity contribution in [2.75, 3.05) is 0 Å². The number of nitrogens with zero attached hydrogens (tertiary/aromatic N) is 4. The summed E-state index contributed by atoms with van der Waals surface area (Å²) in [6.45, 7) is 1.98. The second-order valence-corrected chi connectivity index (χ2v) is 9.38. The Hall–Kier alpha value is -2.32. The van der Waals surface area contributed by atoms with Crippen molar-refractivity contribution in [2.24, 2.45) is 0 Å². The average molecular weight is 431 g/mol. The van der Waals surface area contributed by atoms with Crippen LogP contribution in [0.25, 0.3) is 0 Å². The highest BCUT2D eigenvalue weighted by molar-refractivity contribution is 8.07. The first kappa shape index (κ1) is 18.7. The minimum Gasteiger partial charge on any atom is -0.337 e. The lowest BCUT2D eigenvalue weighted by Crippen LogP contribution is -2.40. The SMILES string of the molecule is CC1CCc2cc(=O)n(Cc3nc(CC4SC4c4ccc(Cl)cc4)no3)c(=O)n21. The van der Waals surface area contributed by atoms with E-state index in [4.69, 9.17) is 16.1 Å². The van der Waals surface area contributed by atoms with E-state index >= 15 is 0 Å². The van der Waals surface area contributed by atoms with E-state index in [1.807, 2.05) is 43.0 Å². The van der Waals surface area contributed by atoms with Crippen molar-refractivity contribution >= 4 is 23.4 Å². The topological polar surface area (TPSA) is 82.9 Å². The highest BCUT2D eigenvalue weighted by Gasteiger charge is 2.40. The first-order valence-electron chi connectivity index (χ1n) is 9.57. The summed E-state index contributed by atoms with van der Waals surface area (Å²) in [6, 6.07) is 9.51. The Morgan fingerprint density at radius 2 is 2.07 bits per heavy atom. The largest absolute Gasteiger partial charge is 0.337 e. The number of thioether (sulfide) groups is 1. The van der Waals surface area contributed by atoms with E-state index in [1.54, 1.807) is 10.6 Å². The van der Waals surface area contributed by atoms with Crippen LogP contribution in [0.3, 0.4) is 0 Å². The first-order valence-corrected chi connectivity index (χ1v) is 10.9. The average Bonchev–Trinajstić information content (AvgIpc) is 3.14. The van der Waals surface area contributed by atoms with Crippen LogP contribution in [0, 0.1) is 0 Å². The molecule has 7 nitrogen and oxygen atoms in total. The molecule has 1 aromatic carbocycles. The van der Waals surface area contributed by atoms with E-state index < -0.39 is 0 Å². The summed E-state index contributed by atoms with van der Waals surface area (Å²) in [4.78, 5) is 29.5. The van der Waals surface area contributed by atoms with Crippen LogP contribution in [0.4, 0.5) is 0 Å². The van der Waals surface area contributed by atoms with Gasteiger partial charge in [-0.2, -0.15) is 4.98 Å². The minimum atomic E-state index is -0.323. The van der Waals surface area contributed by atoms with Gasteiger partial charge in [-0.15, -0.1) is 11.8 Å². The highest BCUT2D eigenvalue weighted by Crippen LogP contribution is 2.56. The van der Waals surface area contributed by atoms with Gasteiger partial charge in [0.15, 0.2) is 5.82 Å². The number of aromatic nitrogens is 4. The normalized spacial score (nSPS) is 22.6. The molecule has 1 fully saturated rings. The Labute approximate surface area is 175 Å². The Bertz CT molecular complexity index is 1180. The Morgan fingerprint density at radius 3 is 2.86 bits per heavy atom. The number of halogens is 1. The van der Waals surface area contributed by atoms with Gasteiger partial charge in [-0.1, -0.05) is 28.9 Å². The smallest absolute Gasteiger partial charge is 0.331 e. The predicted octanol–water partition coefficient (Wildman–Crippen LogP) is 3.00. The van der Waals surface area contributed by atoms with Gasteiger partial charge in [0, 0.05) is 39.7 Å². The summed E-state index contributed by atoms with van der Waals surface area (Å²) in [7, 11) is 0. The van der Waals surface area contributed by atoms with Crippen molar-refractivity contribution in [1.29, 1.82) is 0 Å². The maximum Gasteiger partial charge on any atom is 0.331 e. The van der Waals surface area contributed by atoms with E-state index in [-0.39, 0.29) is 29.7 Å². The molecule has 150 valence electrons. The van der Waals surface area contributed by atoms with Crippen LogP contribution in [-0.2, 0) is 19.4 Å². The van der Waals surface area contributed by atoms with Crippen molar-refractivity contribution in [2.45, 2.75) is 49.3 Å². The van der Waals surface area contributed by atoms with E-state index in [2.05, 4.69) is 10.1 Å². The first-order chi connectivity index (χ1) is 14.0. The van der Waals surface area contributed by atoms with Gasteiger partial charge in [0.2, 0.25) is 5.89 Å². The molecule has 0 amide bonds. The van der Waals surface area contributed by atoms with Crippen molar-refractivity contribution in [1.82, 2.24) is 19.3 Å². The lowest BCUT2D eigenvalue weighted by atomic mass is 10.1. The van der Waals surface area contributed by atoms with E-state index in [0.29, 0.717) is 22.7 Å². The van der Waals surface area contributed by atoms with Crippen LogP contribution < -0.4 is 11.2 Å². The third kappa shape index (κ3) is 3.55. The zero-order valence-electron chi connectivity index (χ0n) is 15.7. The summed E-state index contributed by atoms with van der Waals surface area (Å²) in [5.41, 5.74) is 1.40. The summed E-state index contributed by atoms with van der Waals surface area (Å²) >= 11 is 7.80. The molecule has 9 heteroatoms. The molecular weight excluding hydrogens is 412 g/mol. The van der Waals surface area contributed by atoms with Crippen LogP contribution in [0.15, 0.2) is 44.4 Å². The fraction of sp³-hybridized carbons (Fsp3) is 0.400. The van der Waals surface area contributed by atoms with Gasteiger partial charge >= 0.3 is 5.69 Å². The standard InChI is InChI=1S/C20H19ClN4O3S/c1-11-2-7-14-8-18(26)24(20(27)25(11)14)10-17-22-16(23-28-17)9-15-19(29-15)12-3-5-13(21)6-4-12/h3-6,8,11,15,19H,2,7,9-10H2,1H3. The predicted molar refractivity (Wildman–Crippen MR) is 111 cm³/mol. The lowest BCUT2D eigenvalue weighted by molar-refractivity contribution is 0.360. The van der Waals surface area contributed by atoms with E-state index in [1.165, 1.54) is 10.1 Å². The van der Waals surface area contributed by atoms with Gasteiger partial charge in [0.1, 0.15) is 6.54 Å². The summed E-state index contributed by atoms with van der Waals surface area (Å²) in [6.07, 6.45) is 2.30. The highest BCUT2D eigenvalue weighted by atomic mass is 35.5. The van der Waals surface area contributed by atoms with Gasteiger partial charge in [0.25, 0.3) is 5.56 Å². The maximum atomic E-state index is 12.7. The maximum absolute atomic E-state index is 12.7. The van der Waals surface area contributed by atoms with Crippen LogP contribution in [0.2, 0.25) is 5.02 Å². The van der Waals surface area contributed by atoms with Crippen molar-refractivity contribution in [3.05, 3.63) is 79.2 Å². The zero-order valence-corrected chi connectivity index (χ0v) is 17.3. The molecule has 3 unspecified atom stereocenters. The molecule has 0 radical (unpaired) electrons. The van der Waals surface area contributed by atoms with Gasteiger partial charge in [-0.05, 0) is 37.5 Å². The Balaban J connectivity index is 1.30. The summed E-state index contributed by atoms with van der Waals surface area (Å²) in [5.74, 6) is 0.871. The minimum absolute atomic E-state index is 0.00388. The molecule has 4 heterocycles. The van der Waals surface area contributed by atoms with Gasteiger partial charge in [-0.25, -0.2) is 4.79 Å². The van der Waals surface area contributed by atoms with Crippen LogP contribution in [0.1, 0.15) is 47.6 Å².